The molecule has 0 aliphatic rings. The lowest BCUT2D eigenvalue weighted by Gasteiger charge is -2.04. The molecule has 0 saturated heterocycles. The molecule has 5 rings (SSSR count). The van der Waals surface area contributed by atoms with Gasteiger partial charge in [-0.05, 0) is 29.8 Å². The Kier molecular flexibility index (Phi) is 4.48. The van der Waals surface area contributed by atoms with Crippen molar-refractivity contribution in [2.24, 2.45) is 10.2 Å². The van der Waals surface area contributed by atoms with Crippen LogP contribution in [0, 0.1) is 0 Å². The largest absolute Gasteiger partial charge is 0.497 e. The van der Waals surface area contributed by atoms with Crippen molar-refractivity contribution >= 4 is 33.4 Å². The van der Waals surface area contributed by atoms with E-state index in [-0.39, 0.29) is 11.6 Å². The van der Waals surface area contributed by atoms with Crippen LogP contribution in [0.2, 0.25) is 0 Å². The molecule has 3 aromatic carbocycles. The average molecular weight is 410 g/mol. The normalized spacial score (nSPS) is 11.5. The lowest BCUT2D eigenvalue weighted by atomic mass is 10.0. The Labute approximate surface area is 177 Å². The van der Waals surface area contributed by atoms with Crippen LogP contribution >= 0.6 is 0 Å². The number of hydrogen-bond donors (Lipinski definition) is 3. The quantitative estimate of drug-likeness (QED) is 0.319. The first-order valence-electron chi connectivity index (χ1n) is 9.66. The Hall–Kier alpha value is -4.39. The number of H-pyrrole nitrogens is 2. The summed E-state index contributed by atoms with van der Waals surface area (Å²) in [6.45, 7) is 0. The molecule has 0 aliphatic heterocycles. The van der Waals surface area contributed by atoms with E-state index in [2.05, 4.69) is 20.2 Å². The van der Waals surface area contributed by atoms with E-state index in [9.17, 15) is 9.90 Å². The van der Waals surface area contributed by atoms with Crippen molar-refractivity contribution in [3.63, 3.8) is 0 Å². The molecule has 152 valence electrons. The second kappa shape index (κ2) is 7.46. The average Bonchev–Trinajstić information content (AvgIpc) is 3.34. The van der Waals surface area contributed by atoms with Crippen LogP contribution in [0.15, 0.2) is 83.0 Å². The zero-order valence-corrected chi connectivity index (χ0v) is 16.6. The van der Waals surface area contributed by atoms with E-state index in [1.165, 1.54) is 0 Å². The molecule has 0 saturated carbocycles. The standard InChI is InChI=1S/C24H18N4O3/c1-31-15-11-12-19-17(13-15)20(14-7-3-2-4-8-14)22(25-19)24(30)28-27-21-16-9-5-6-10-18(16)26-23(21)29/h2-13,25-26,29H,1H3. The number of hydrogen-bond acceptors (Lipinski definition) is 4. The predicted molar refractivity (Wildman–Crippen MR) is 119 cm³/mol. The molecule has 7 nitrogen and oxygen atoms in total. The molecule has 2 heterocycles. The summed E-state index contributed by atoms with van der Waals surface area (Å²) in [4.78, 5) is 19.1. The molecule has 0 aliphatic carbocycles. The second-order valence-electron chi connectivity index (χ2n) is 7.03. The fourth-order valence-corrected chi connectivity index (χ4v) is 3.72. The van der Waals surface area contributed by atoms with Crippen LogP contribution in [0.5, 0.6) is 11.6 Å². The Morgan fingerprint density at radius 3 is 2.45 bits per heavy atom. The number of methoxy groups -OCH3 is 1. The number of aromatic amines is 2. The molecule has 31 heavy (non-hydrogen) atoms. The van der Waals surface area contributed by atoms with Gasteiger partial charge < -0.3 is 19.8 Å². The highest BCUT2D eigenvalue weighted by atomic mass is 16.5. The highest BCUT2D eigenvalue weighted by Gasteiger charge is 2.20. The Morgan fingerprint density at radius 2 is 1.65 bits per heavy atom. The van der Waals surface area contributed by atoms with Gasteiger partial charge in [0.05, 0.1) is 12.6 Å². The van der Waals surface area contributed by atoms with Crippen molar-refractivity contribution in [3.8, 4) is 22.8 Å². The van der Waals surface area contributed by atoms with Gasteiger partial charge in [-0.2, -0.15) is 0 Å². The number of carbonyl (C=O) groups is 1. The van der Waals surface area contributed by atoms with Crippen molar-refractivity contribution in [2.75, 3.05) is 7.11 Å². The number of aromatic nitrogens is 2. The third kappa shape index (κ3) is 3.22. The number of rotatable bonds is 4. The lowest BCUT2D eigenvalue weighted by Crippen LogP contribution is -1.97. The van der Waals surface area contributed by atoms with Crippen LogP contribution < -0.4 is 4.74 Å². The maximum absolute atomic E-state index is 13.1. The SMILES string of the molecule is COc1ccc2[nH]c(C(=O)N=Nc3c(O)[nH]c4ccccc34)c(-c3ccccc3)c2c1. The molecule has 1 amide bonds. The fraction of sp³-hybridized carbons (Fsp3) is 0.0417. The van der Waals surface area contributed by atoms with Crippen LogP contribution in [0.25, 0.3) is 32.9 Å². The predicted octanol–water partition coefficient (Wildman–Crippen LogP) is 5.95. The summed E-state index contributed by atoms with van der Waals surface area (Å²) in [6, 6.07) is 22.5. The van der Waals surface area contributed by atoms with Gasteiger partial charge in [-0.1, -0.05) is 48.5 Å². The van der Waals surface area contributed by atoms with Gasteiger partial charge in [0.1, 0.15) is 11.4 Å². The van der Waals surface area contributed by atoms with E-state index >= 15 is 0 Å². The molecule has 2 aromatic heterocycles. The van der Waals surface area contributed by atoms with Crippen LogP contribution in [0.4, 0.5) is 5.69 Å². The number of nitrogens with one attached hydrogen (secondary N) is 2. The lowest BCUT2D eigenvalue weighted by molar-refractivity contribution is 0.0991. The fourth-order valence-electron chi connectivity index (χ4n) is 3.72. The molecule has 0 fully saturated rings. The van der Waals surface area contributed by atoms with Gasteiger partial charge in [0.15, 0.2) is 5.69 Å². The van der Waals surface area contributed by atoms with E-state index in [1.807, 2.05) is 66.7 Å². The molecule has 0 bridgehead atoms. The minimum Gasteiger partial charge on any atom is -0.497 e. The molecular weight excluding hydrogens is 392 g/mol. The maximum Gasteiger partial charge on any atom is 0.312 e. The summed E-state index contributed by atoms with van der Waals surface area (Å²) in [6.07, 6.45) is 0. The van der Waals surface area contributed by atoms with E-state index in [0.717, 1.165) is 22.0 Å². The van der Waals surface area contributed by atoms with Gasteiger partial charge >= 0.3 is 5.91 Å². The minimum absolute atomic E-state index is 0.137. The van der Waals surface area contributed by atoms with Crippen LogP contribution in [0.1, 0.15) is 10.5 Å². The minimum atomic E-state index is -0.543. The summed E-state index contributed by atoms with van der Waals surface area (Å²) in [5.74, 6) is 0.00846. The molecule has 0 spiro atoms. The number of carbonyl (C=O) groups excluding carboxylic acids is 1. The first-order valence-corrected chi connectivity index (χ1v) is 9.66. The number of ether oxygens (including phenoxy) is 1. The molecule has 3 N–H and O–H groups in total. The molecule has 0 radical (unpaired) electrons. The number of benzene rings is 3. The van der Waals surface area contributed by atoms with Crippen molar-refractivity contribution in [2.45, 2.75) is 0 Å². The third-order valence-corrected chi connectivity index (χ3v) is 5.18. The van der Waals surface area contributed by atoms with Crippen LogP contribution in [0.3, 0.4) is 0 Å². The maximum atomic E-state index is 13.1. The zero-order valence-electron chi connectivity index (χ0n) is 16.6. The van der Waals surface area contributed by atoms with Gasteiger partial charge in [0, 0.05) is 21.9 Å². The highest BCUT2D eigenvalue weighted by molar-refractivity contribution is 6.10. The van der Waals surface area contributed by atoms with Crippen molar-refractivity contribution in [3.05, 3.63) is 78.5 Å². The second-order valence-corrected chi connectivity index (χ2v) is 7.03. The Bertz CT molecular complexity index is 1450. The molecule has 5 aromatic rings. The summed E-state index contributed by atoms with van der Waals surface area (Å²) in [5, 5.41) is 19.7. The summed E-state index contributed by atoms with van der Waals surface area (Å²) >= 11 is 0. The van der Waals surface area contributed by atoms with Crippen LogP contribution in [-0.4, -0.2) is 28.1 Å². The number of azo groups is 1. The van der Waals surface area contributed by atoms with E-state index in [0.29, 0.717) is 22.3 Å². The highest BCUT2D eigenvalue weighted by Crippen LogP contribution is 2.37. The molecule has 0 unspecified atom stereocenters. The van der Waals surface area contributed by atoms with Crippen molar-refractivity contribution < 1.29 is 14.6 Å². The van der Waals surface area contributed by atoms with E-state index < -0.39 is 5.91 Å². The number of amides is 1. The zero-order chi connectivity index (χ0) is 21.4. The molecule has 7 heteroatoms. The van der Waals surface area contributed by atoms with E-state index in [1.54, 1.807) is 13.2 Å². The monoisotopic (exact) mass is 410 g/mol. The van der Waals surface area contributed by atoms with Gasteiger partial charge in [0.2, 0.25) is 5.88 Å². The number of aromatic hydroxyl groups is 1. The van der Waals surface area contributed by atoms with Crippen LogP contribution in [-0.2, 0) is 0 Å². The number of nitrogens with zero attached hydrogens (tertiary/aromatic N) is 2. The van der Waals surface area contributed by atoms with Gasteiger partial charge in [-0.15, -0.1) is 10.2 Å². The first kappa shape index (κ1) is 18.6. The summed E-state index contributed by atoms with van der Waals surface area (Å²) in [5.41, 5.74) is 3.63. The van der Waals surface area contributed by atoms with Gasteiger partial charge in [-0.3, -0.25) is 4.79 Å². The van der Waals surface area contributed by atoms with Crippen molar-refractivity contribution in [1.82, 2.24) is 9.97 Å². The van der Waals surface area contributed by atoms with Gasteiger partial charge in [0.25, 0.3) is 0 Å². The molecule has 0 atom stereocenters. The Morgan fingerprint density at radius 1 is 0.903 bits per heavy atom. The third-order valence-electron chi connectivity index (χ3n) is 5.18. The smallest absolute Gasteiger partial charge is 0.312 e. The van der Waals surface area contributed by atoms with E-state index in [4.69, 9.17) is 4.74 Å². The topological polar surface area (TPSA) is 103 Å². The first-order chi connectivity index (χ1) is 15.2. The van der Waals surface area contributed by atoms with Crippen molar-refractivity contribution in [1.29, 1.82) is 0 Å². The molecular formula is C24H18N4O3. The van der Waals surface area contributed by atoms with Gasteiger partial charge in [-0.25, -0.2) is 0 Å². The number of para-hydroxylation sites is 1. The Balaban J connectivity index is 1.63. The summed E-state index contributed by atoms with van der Waals surface area (Å²) in [7, 11) is 1.60. The summed E-state index contributed by atoms with van der Waals surface area (Å²) < 4.78 is 5.36. The number of fused-ring (bicyclic) bond motifs is 2.